The Hall–Kier alpha value is -3.30. The smallest absolute Gasteiger partial charge is 0.231 e. The minimum atomic E-state index is 0.245. The first-order valence-electron chi connectivity index (χ1n) is 8.39. The van der Waals surface area contributed by atoms with Gasteiger partial charge in [0.2, 0.25) is 6.79 Å². The van der Waals surface area contributed by atoms with Crippen molar-refractivity contribution in [1.82, 2.24) is 4.98 Å². The molecule has 134 valence electrons. The lowest BCUT2D eigenvalue weighted by atomic mass is 10.1. The molecule has 0 radical (unpaired) electrons. The fraction of sp³-hybridized carbons (Fsp3) is 0.143. The van der Waals surface area contributed by atoms with Gasteiger partial charge in [0.15, 0.2) is 11.5 Å². The largest absolute Gasteiger partial charge is 0.454 e. The van der Waals surface area contributed by atoms with Crippen molar-refractivity contribution < 1.29 is 9.47 Å². The lowest BCUT2D eigenvalue weighted by Crippen LogP contribution is -2.07. The maximum absolute atomic E-state index is 9.59. The van der Waals surface area contributed by atoms with E-state index in [9.17, 15) is 5.26 Å². The molecule has 4 rings (SSSR count). The molecule has 0 fully saturated rings. The summed E-state index contributed by atoms with van der Waals surface area (Å²) in [6.07, 6.45) is 1.86. The molecule has 1 aliphatic heterocycles. The Kier molecular flexibility index (Phi) is 4.53. The quantitative estimate of drug-likeness (QED) is 0.620. The van der Waals surface area contributed by atoms with Gasteiger partial charge in [-0.3, -0.25) is 0 Å². The van der Waals surface area contributed by atoms with Crippen molar-refractivity contribution >= 4 is 28.7 Å². The highest BCUT2D eigenvalue weighted by Crippen LogP contribution is 2.36. The van der Waals surface area contributed by atoms with E-state index in [0.717, 1.165) is 34.0 Å². The zero-order chi connectivity index (χ0) is 18.8. The molecular formula is C21H17N3O2S. The Morgan fingerprint density at radius 2 is 1.93 bits per heavy atom. The van der Waals surface area contributed by atoms with E-state index in [1.807, 2.05) is 72.9 Å². The summed E-state index contributed by atoms with van der Waals surface area (Å²) in [6.45, 7) is 0.245. The van der Waals surface area contributed by atoms with Crippen LogP contribution in [0, 0.1) is 11.3 Å². The van der Waals surface area contributed by atoms with E-state index in [1.54, 1.807) is 0 Å². The average molecular weight is 375 g/mol. The molecule has 2 aromatic carbocycles. The normalized spacial score (nSPS) is 12.7. The van der Waals surface area contributed by atoms with Crippen molar-refractivity contribution in [2.24, 2.45) is 0 Å². The zero-order valence-electron chi connectivity index (χ0n) is 15.0. The lowest BCUT2D eigenvalue weighted by Gasteiger charge is -2.11. The second kappa shape index (κ2) is 7.14. The molecule has 0 spiro atoms. The Morgan fingerprint density at radius 3 is 2.67 bits per heavy atom. The molecule has 0 amide bonds. The summed E-state index contributed by atoms with van der Waals surface area (Å²) in [7, 11) is 4.00. The van der Waals surface area contributed by atoms with Crippen LogP contribution >= 0.6 is 11.3 Å². The standard InChI is InChI=1S/C21H17N3O2S/c1-24(2)17-6-3-14(4-7-17)9-16(11-22)21-23-18(12-27-21)15-5-8-19-20(10-15)26-13-25-19/h3-10,12H,13H2,1-2H3/b16-9+. The number of nitrogens with zero attached hydrogens (tertiary/aromatic N) is 3. The topological polar surface area (TPSA) is 58.4 Å². The molecule has 0 unspecified atom stereocenters. The number of rotatable bonds is 4. The summed E-state index contributed by atoms with van der Waals surface area (Å²) >= 11 is 1.46. The van der Waals surface area contributed by atoms with E-state index in [4.69, 9.17) is 9.47 Å². The highest BCUT2D eigenvalue weighted by molar-refractivity contribution is 7.11. The maximum atomic E-state index is 9.59. The number of nitriles is 1. The predicted octanol–water partition coefficient (Wildman–Crippen LogP) is 4.67. The molecule has 6 heteroatoms. The lowest BCUT2D eigenvalue weighted by molar-refractivity contribution is 0.174. The van der Waals surface area contributed by atoms with Gasteiger partial charge in [0.1, 0.15) is 11.1 Å². The van der Waals surface area contributed by atoms with Crippen LogP contribution < -0.4 is 14.4 Å². The van der Waals surface area contributed by atoms with Crippen molar-refractivity contribution in [2.75, 3.05) is 25.8 Å². The number of hydrogen-bond donors (Lipinski definition) is 0. The van der Waals surface area contributed by atoms with Gasteiger partial charge in [-0.1, -0.05) is 12.1 Å². The molecule has 0 aliphatic carbocycles. The van der Waals surface area contributed by atoms with Gasteiger partial charge in [-0.2, -0.15) is 5.26 Å². The van der Waals surface area contributed by atoms with E-state index >= 15 is 0 Å². The molecule has 5 nitrogen and oxygen atoms in total. The van der Waals surface area contributed by atoms with E-state index in [-0.39, 0.29) is 6.79 Å². The van der Waals surface area contributed by atoms with Crippen LogP contribution in [0.3, 0.4) is 0 Å². The van der Waals surface area contributed by atoms with Crippen LogP contribution in [0.4, 0.5) is 5.69 Å². The maximum Gasteiger partial charge on any atom is 0.231 e. The van der Waals surface area contributed by atoms with Gasteiger partial charge in [0.25, 0.3) is 0 Å². The second-order valence-corrected chi connectivity index (χ2v) is 7.12. The third-order valence-corrected chi connectivity index (χ3v) is 5.12. The molecule has 0 saturated carbocycles. The number of allylic oxidation sites excluding steroid dienone is 1. The first kappa shape index (κ1) is 17.1. The van der Waals surface area contributed by atoms with E-state index in [2.05, 4.69) is 11.1 Å². The van der Waals surface area contributed by atoms with Crippen molar-refractivity contribution in [2.45, 2.75) is 0 Å². The number of ether oxygens (including phenoxy) is 2. The van der Waals surface area contributed by atoms with Gasteiger partial charge >= 0.3 is 0 Å². The van der Waals surface area contributed by atoms with Crippen molar-refractivity contribution in [3.63, 3.8) is 0 Å². The molecule has 2 heterocycles. The fourth-order valence-electron chi connectivity index (χ4n) is 2.76. The molecule has 1 aromatic heterocycles. The minimum absolute atomic E-state index is 0.245. The summed E-state index contributed by atoms with van der Waals surface area (Å²) in [6, 6.07) is 16.1. The van der Waals surface area contributed by atoms with Crippen LogP contribution in [-0.2, 0) is 0 Å². The summed E-state index contributed by atoms with van der Waals surface area (Å²) in [5.41, 5.74) is 4.39. The van der Waals surface area contributed by atoms with Crippen LogP contribution in [-0.4, -0.2) is 25.9 Å². The number of fused-ring (bicyclic) bond motifs is 1. The third kappa shape index (κ3) is 3.50. The van der Waals surface area contributed by atoms with E-state index in [0.29, 0.717) is 10.6 Å². The van der Waals surface area contributed by atoms with Gasteiger partial charge in [-0.15, -0.1) is 11.3 Å². The molecule has 0 N–H and O–H groups in total. The van der Waals surface area contributed by atoms with Crippen LogP contribution in [0.2, 0.25) is 0 Å². The molecule has 0 atom stereocenters. The summed E-state index contributed by atoms with van der Waals surface area (Å²) in [4.78, 5) is 6.68. The fourth-order valence-corrected chi connectivity index (χ4v) is 3.56. The van der Waals surface area contributed by atoms with Crippen molar-refractivity contribution in [3.05, 3.63) is 58.4 Å². The predicted molar refractivity (Wildman–Crippen MR) is 108 cm³/mol. The van der Waals surface area contributed by atoms with Gasteiger partial charge in [-0.05, 0) is 42.0 Å². The Balaban J connectivity index is 1.61. The second-order valence-electron chi connectivity index (χ2n) is 6.26. The Bertz CT molecular complexity index is 1050. The molecule has 0 bridgehead atoms. The van der Waals surface area contributed by atoms with Gasteiger partial charge in [-0.25, -0.2) is 4.98 Å². The van der Waals surface area contributed by atoms with Crippen molar-refractivity contribution in [1.29, 1.82) is 5.26 Å². The molecule has 3 aromatic rings. The first-order chi connectivity index (χ1) is 13.1. The van der Waals surface area contributed by atoms with E-state index < -0.39 is 0 Å². The number of hydrogen-bond acceptors (Lipinski definition) is 6. The van der Waals surface area contributed by atoms with Crippen LogP contribution in [0.5, 0.6) is 11.5 Å². The summed E-state index contributed by atoms with van der Waals surface area (Å²) in [5.74, 6) is 1.46. The third-order valence-electron chi connectivity index (χ3n) is 4.24. The Labute approximate surface area is 161 Å². The van der Waals surface area contributed by atoms with E-state index in [1.165, 1.54) is 11.3 Å². The number of benzene rings is 2. The number of anilines is 1. The monoisotopic (exact) mass is 375 g/mol. The van der Waals surface area contributed by atoms with Gasteiger partial charge in [0, 0.05) is 30.7 Å². The first-order valence-corrected chi connectivity index (χ1v) is 9.27. The van der Waals surface area contributed by atoms with Crippen LogP contribution in [0.1, 0.15) is 10.6 Å². The molecule has 0 saturated heterocycles. The zero-order valence-corrected chi connectivity index (χ0v) is 15.8. The van der Waals surface area contributed by atoms with Crippen molar-refractivity contribution in [3.8, 4) is 28.8 Å². The SMILES string of the molecule is CN(C)c1ccc(/C=C(\C#N)c2nc(-c3ccc4c(c3)OCO4)cs2)cc1. The average Bonchev–Trinajstić information content (AvgIpc) is 3.35. The molecule has 27 heavy (non-hydrogen) atoms. The number of aromatic nitrogens is 1. The van der Waals surface area contributed by atoms with Gasteiger partial charge in [0.05, 0.1) is 11.3 Å². The minimum Gasteiger partial charge on any atom is -0.454 e. The van der Waals surface area contributed by atoms with Crippen LogP contribution in [0.25, 0.3) is 22.9 Å². The Morgan fingerprint density at radius 1 is 1.15 bits per heavy atom. The highest BCUT2D eigenvalue weighted by atomic mass is 32.1. The molecule has 1 aliphatic rings. The van der Waals surface area contributed by atoms with Gasteiger partial charge < -0.3 is 14.4 Å². The number of thiazole rings is 1. The summed E-state index contributed by atoms with van der Waals surface area (Å²) < 4.78 is 10.8. The highest BCUT2D eigenvalue weighted by Gasteiger charge is 2.16. The molecular weight excluding hydrogens is 358 g/mol. The summed E-state index contributed by atoms with van der Waals surface area (Å²) in [5, 5.41) is 12.2. The van der Waals surface area contributed by atoms with Crippen LogP contribution in [0.15, 0.2) is 47.8 Å².